The minimum absolute atomic E-state index is 0. The summed E-state index contributed by atoms with van der Waals surface area (Å²) in [6.07, 6.45) is -0.286. The van der Waals surface area contributed by atoms with Crippen LogP contribution in [0.3, 0.4) is 0 Å². The molecule has 0 saturated carbocycles. The number of carbonyl (C=O) groups is 1. The number of carbonyl (C=O) groups excluding carboxylic acids is 1. The number of hydrogen-bond donors (Lipinski definition) is 1. The Balaban J connectivity index is 0.00000480. The number of hydrogen-bond acceptors (Lipinski definition) is 5. The first kappa shape index (κ1) is 27.3. The molecule has 31 heavy (non-hydrogen) atoms. The molecule has 0 aromatic heterocycles. The SMILES string of the molecule is CCOCCOc1cc(C)ccc1CN=C(N)N1CCN(C(=O)OC(C)(C)C)CC1.I. The molecule has 2 rings (SSSR count). The van der Waals surface area contributed by atoms with Crippen LogP contribution in [0.2, 0.25) is 0 Å². The fourth-order valence-corrected chi connectivity index (χ4v) is 2.99. The number of aryl methyl sites for hydroxylation is 1. The molecule has 9 heteroatoms. The third-order valence-electron chi connectivity index (χ3n) is 4.58. The van der Waals surface area contributed by atoms with E-state index in [-0.39, 0.29) is 30.1 Å². The summed E-state index contributed by atoms with van der Waals surface area (Å²) in [7, 11) is 0. The van der Waals surface area contributed by atoms with Crippen LogP contribution in [0.15, 0.2) is 23.2 Å². The van der Waals surface area contributed by atoms with Crippen molar-refractivity contribution in [2.45, 2.75) is 46.8 Å². The van der Waals surface area contributed by atoms with Crippen LogP contribution in [0.1, 0.15) is 38.8 Å². The number of halogens is 1. The summed E-state index contributed by atoms with van der Waals surface area (Å²) in [5.41, 5.74) is 7.83. The van der Waals surface area contributed by atoms with Crippen LogP contribution in [-0.2, 0) is 16.0 Å². The summed E-state index contributed by atoms with van der Waals surface area (Å²) >= 11 is 0. The Morgan fingerprint density at radius 1 is 1.13 bits per heavy atom. The number of nitrogens with two attached hydrogens (primary N) is 1. The van der Waals surface area contributed by atoms with E-state index in [4.69, 9.17) is 19.9 Å². The fraction of sp³-hybridized carbons (Fsp3) is 0.636. The predicted octanol–water partition coefficient (Wildman–Crippen LogP) is 3.40. The van der Waals surface area contributed by atoms with Crippen molar-refractivity contribution >= 4 is 36.0 Å². The number of piperazine rings is 1. The molecule has 1 aromatic carbocycles. The van der Waals surface area contributed by atoms with Crippen molar-refractivity contribution in [1.29, 1.82) is 0 Å². The summed E-state index contributed by atoms with van der Waals surface area (Å²) in [6.45, 7) is 14.1. The molecule has 176 valence electrons. The summed E-state index contributed by atoms with van der Waals surface area (Å²) in [5.74, 6) is 1.28. The van der Waals surface area contributed by atoms with E-state index in [1.54, 1.807) is 4.90 Å². The number of amides is 1. The first-order valence-electron chi connectivity index (χ1n) is 10.5. The number of aliphatic imine (C=N–C) groups is 1. The third kappa shape index (κ3) is 9.51. The van der Waals surface area contributed by atoms with Crippen molar-refractivity contribution in [3.63, 3.8) is 0 Å². The van der Waals surface area contributed by atoms with Crippen LogP contribution in [0, 0.1) is 6.92 Å². The fourth-order valence-electron chi connectivity index (χ4n) is 2.99. The molecule has 0 aliphatic carbocycles. The molecule has 2 N–H and O–H groups in total. The number of nitrogens with zero attached hydrogens (tertiary/aromatic N) is 3. The Morgan fingerprint density at radius 2 is 1.77 bits per heavy atom. The number of rotatable bonds is 7. The summed E-state index contributed by atoms with van der Waals surface area (Å²) in [5, 5.41) is 0. The summed E-state index contributed by atoms with van der Waals surface area (Å²) in [4.78, 5) is 20.4. The highest BCUT2D eigenvalue weighted by atomic mass is 127. The van der Waals surface area contributed by atoms with E-state index in [0.29, 0.717) is 58.5 Å². The van der Waals surface area contributed by atoms with Crippen molar-refractivity contribution in [3.8, 4) is 5.75 Å². The standard InChI is InChI=1S/C22H36N4O4.HI/c1-6-28-13-14-29-19-15-17(2)7-8-18(19)16-24-20(23)25-9-11-26(12-10-25)21(27)30-22(3,4)5;/h7-8,15H,6,9-14,16H2,1-5H3,(H2,23,24);1H. The largest absolute Gasteiger partial charge is 0.491 e. The van der Waals surface area contributed by atoms with Crippen LogP contribution in [0.25, 0.3) is 0 Å². The van der Waals surface area contributed by atoms with Crippen LogP contribution < -0.4 is 10.5 Å². The van der Waals surface area contributed by atoms with Gasteiger partial charge in [0.15, 0.2) is 5.96 Å². The average Bonchev–Trinajstić information content (AvgIpc) is 2.69. The molecule has 0 spiro atoms. The second kappa shape index (κ2) is 12.9. The van der Waals surface area contributed by atoms with Gasteiger partial charge >= 0.3 is 6.09 Å². The molecule has 1 aromatic rings. The van der Waals surface area contributed by atoms with Gasteiger partial charge in [0.2, 0.25) is 0 Å². The van der Waals surface area contributed by atoms with Crippen molar-refractivity contribution in [1.82, 2.24) is 9.80 Å². The van der Waals surface area contributed by atoms with E-state index in [1.807, 2.05) is 57.7 Å². The van der Waals surface area contributed by atoms with Gasteiger partial charge in [-0.1, -0.05) is 12.1 Å². The molecule has 1 amide bonds. The van der Waals surface area contributed by atoms with Crippen molar-refractivity contribution in [2.24, 2.45) is 10.7 Å². The first-order chi connectivity index (χ1) is 14.2. The van der Waals surface area contributed by atoms with E-state index in [2.05, 4.69) is 4.99 Å². The second-order valence-corrected chi connectivity index (χ2v) is 8.29. The second-order valence-electron chi connectivity index (χ2n) is 8.29. The van der Waals surface area contributed by atoms with Crippen molar-refractivity contribution < 1.29 is 19.0 Å². The Labute approximate surface area is 203 Å². The molecular formula is C22H37IN4O4. The van der Waals surface area contributed by atoms with Gasteiger partial charge in [-0.25, -0.2) is 9.79 Å². The molecule has 8 nitrogen and oxygen atoms in total. The summed E-state index contributed by atoms with van der Waals surface area (Å²) in [6, 6.07) is 6.06. The molecule has 1 saturated heterocycles. The minimum atomic E-state index is -0.495. The van der Waals surface area contributed by atoms with Crippen LogP contribution in [-0.4, -0.2) is 73.5 Å². The van der Waals surface area contributed by atoms with Crippen LogP contribution in [0.5, 0.6) is 5.75 Å². The number of guanidine groups is 1. The first-order valence-corrected chi connectivity index (χ1v) is 10.5. The number of benzene rings is 1. The van der Waals surface area contributed by atoms with Gasteiger partial charge in [0.05, 0.1) is 13.2 Å². The van der Waals surface area contributed by atoms with E-state index in [9.17, 15) is 4.79 Å². The molecule has 0 bridgehead atoms. The molecule has 0 unspecified atom stereocenters. The van der Waals surface area contributed by atoms with Gasteiger partial charge in [-0.2, -0.15) is 0 Å². The maximum Gasteiger partial charge on any atom is 0.410 e. The van der Waals surface area contributed by atoms with Gasteiger partial charge < -0.3 is 29.7 Å². The molecule has 1 heterocycles. The van der Waals surface area contributed by atoms with Gasteiger partial charge in [0, 0.05) is 38.3 Å². The van der Waals surface area contributed by atoms with E-state index >= 15 is 0 Å². The van der Waals surface area contributed by atoms with Crippen molar-refractivity contribution in [3.05, 3.63) is 29.3 Å². The lowest BCUT2D eigenvalue weighted by molar-refractivity contribution is 0.0186. The zero-order valence-electron chi connectivity index (χ0n) is 19.3. The zero-order valence-corrected chi connectivity index (χ0v) is 21.7. The Hall–Kier alpha value is -1.75. The lowest BCUT2D eigenvalue weighted by atomic mass is 10.1. The van der Waals surface area contributed by atoms with Gasteiger partial charge in [0.1, 0.15) is 18.0 Å². The topological polar surface area (TPSA) is 89.6 Å². The van der Waals surface area contributed by atoms with Crippen LogP contribution >= 0.6 is 24.0 Å². The van der Waals surface area contributed by atoms with Gasteiger partial charge in [-0.05, 0) is 46.2 Å². The molecule has 0 atom stereocenters. The third-order valence-corrected chi connectivity index (χ3v) is 4.58. The maximum atomic E-state index is 12.2. The van der Waals surface area contributed by atoms with Gasteiger partial charge in [-0.3, -0.25) is 0 Å². The van der Waals surface area contributed by atoms with E-state index < -0.39 is 5.60 Å². The molecule has 0 radical (unpaired) electrons. The average molecular weight is 548 g/mol. The zero-order chi connectivity index (χ0) is 22.1. The Morgan fingerprint density at radius 3 is 2.39 bits per heavy atom. The lowest BCUT2D eigenvalue weighted by Crippen LogP contribution is -2.53. The lowest BCUT2D eigenvalue weighted by Gasteiger charge is -2.36. The highest BCUT2D eigenvalue weighted by Gasteiger charge is 2.26. The highest BCUT2D eigenvalue weighted by molar-refractivity contribution is 14.0. The van der Waals surface area contributed by atoms with Gasteiger partial charge in [-0.15, -0.1) is 24.0 Å². The van der Waals surface area contributed by atoms with Crippen LogP contribution in [0.4, 0.5) is 4.79 Å². The van der Waals surface area contributed by atoms with E-state index in [0.717, 1.165) is 16.9 Å². The van der Waals surface area contributed by atoms with E-state index in [1.165, 1.54) is 0 Å². The predicted molar refractivity (Wildman–Crippen MR) is 133 cm³/mol. The molecular weight excluding hydrogens is 511 g/mol. The monoisotopic (exact) mass is 548 g/mol. The molecule has 1 aliphatic heterocycles. The quantitative estimate of drug-likeness (QED) is 0.243. The Bertz CT molecular complexity index is 729. The van der Waals surface area contributed by atoms with Crippen molar-refractivity contribution in [2.75, 3.05) is 46.0 Å². The number of ether oxygens (including phenoxy) is 3. The van der Waals surface area contributed by atoms with Gasteiger partial charge in [0.25, 0.3) is 0 Å². The normalized spacial score (nSPS) is 14.8. The highest BCUT2D eigenvalue weighted by Crippen LogP contribution is 2.21. The minimum Gasteiger partial charge on any atom is -0.491 e. The smallest absolute Gasteiger partial charge is 0.410 e. The summed E-state index contributed by atoms with van der Waals surface area (Å²) < 4.78 is 16.6. The Kier molecular flexibility index (Phi) is 11.4. The molecule has 1 aliphatic rings. The maximum absolute atomic E-state index is 12.2. The molecule has 1 fully saturated rings.